The van der Waals surface area contributed by atoms with Gasteiger partial charge in [-0.25, -0.2) is 0 Å². The molecule has 3 atom stereocenters. The van der Waals surface area contributed by atoms with Gasteiger partial charge in [-0.05, 0) is 41.3 Å². The summed E-state index contributed by atoms with van der Waals surface area (Å²) in [5, 5.41) is 4.93. The van der Waals surface area contributed by atoms with Crippen LogP contribution in [0.2, 0.25) is 0 Å². The zero-order valence-corrected chi connectivity index (χ0v) is 17.4. The number of fused-ring (bicyclic) bond motifs is 1. The molecule has 1 N–H and O–H groups in total. The number of ketones is 1. The van der Waals surface area contributed by atoms with Gasteiger partial charge in [-0.1, -0.05) is 43.2 Å². The first-order chi connectivity index (χ1) is 14.6. The summed E-state index contributed by atoms with van der Waals surface area (Å²) >= 11 is 1.38. The SMILES string of the molecule is O=C(NC(CC1CC1)C(=O)N1CCC2OCC(=O)C21)c1cc(-c2ccccc2)cs1. The van der Waals surface area contributed by atoms with Gasteiger partial charge in [-0.15, -0.1) is 11.3 Å². The van der Waals surface area contributed by atoms with Gasteiger partial charge in [-0.2, -0.15) is 0 Å². The Morgan fingerprint density at radius 1 is 1.17 bits per heavy atom. The standard InChI is InChI=1S/C23H24N2O4S/c26-18-12-29-19-8-9-25(21(18)19)23(28)17(10-14-6-7-14)24-22(27)20-11-16(13-30-20)15-4-2-1-3-5-15/h1-5,11,13-14,17,19,21H,6-10,12H2,(H,24,27). The molecule has 1 aromatic carbocycles. The predicted molar refractivity (Wildman–Crippen MR) is 113 cm³/mol. The van der Waals surface area contributed by atoms with Crippen LogP contribution in [0.3, 0.4) is 0 Å². The summed E-state index contributed by atoms with van der Waals surface area (Å²) < 4.78 is 5.51. The second-order valence-electron chi connectivity index (χ2n) is 8.35. The number of hydrogen-bond acceptors (Lipinski definition) is 5. The van der Waals surface area contributed by atoms with E-state index in [0.717, 1.165) is 24.0 Å². The summed E-state index contributed by atoms with van der Waals surface area (Å²) in [6.07, 6.45) is 3.29. The van der Waals surface area contributed by atoms with Crippen molar-refractivity contribution in [3.8, 4) is 11.1 Å². The number of rotatable bonds is 6. The molecule has 3 fully saturated rings. The molecule has 3 unspecified atom stereocenters. The Balaban J connectivity index is 1.31. The molecule has 156 valence electrons. The molecule has 30 heavy (non-hydrogen) atoms. The van der Waals surface area contributed by atoms with Crippen molar-refractivity contribution >= 4 is 28.9 Å². The minimum absolute atomic E-state index is 0.0342. The van der Waals surface area contributed by atoms with Gasteiger partial charge in [0.1, 0.15) is 18.7 Å². The third-order valence-electron chi connectivity index (χ3n) is 6.19. The maximum atomic E-state index is 13.3. The van der Waals surface area contributed by atoms with Crippen molar-refractivity contribution in [2.24, 2.45) is 5.92 Å². The van der Waals surface area contributed by atoms with E-state index in [4.69, 9.17) is 4.74 Å². The molecule has 1 aliphatic carbocycles. The highest BCUT2D eigenvalue weighted by atomic mass is 32.1. The van der Waals surface area contributed by atoms with Crippen LogP contribution in [0, 0.1) is 5.92 Å². The molecule has 0 spiro atoms. The first-order valence-electron chi connectivity index (χ1n) is 10.5. The lowest BCUT2D eigenvalue weighted by molar-refractivity contribution is -0.138. The molecular formula is C23H24N2O4S. The van der Waals surface area contributed by atoms with E-state index in [-0.39, 0.29) is 30.3 Å². The number of amides is 2. The van der Waals surface area contributed by atoms with Crippen LogP contribution in [0.5, 0.6) is 0 Å². The average Bonchev–Trinajstić information content (AvgIpc) is 3.16. The Hall–Kier alpha value is -2.51. The van der Waals surface area contributed by atoms with E-state index in [1.807, 2.05) is 41.8 Å². The number of likely N-dealkylation sites (tertiary alicyclic amines) is 1. The summed E-state index contributed by atoms with van der Waals surface area (Å²) in [5.74, 6) is 0.0527. The van der Waals surface area contributed by atoms with Crippen LogP contribution in [0.4, 0.5) is 0 Å². The largest absolute Gasteiger partial charge is 0.368 e. The van der Waals surface area contributed by atoms with Crippen LogP contribution in [-0.2, 0) is 14.3 Å². The maximum Gasteiger partial charge on any atom is 0.262 e. The second kappa shape index (κ2) is 7.96. The first kappa shape index (κ1) is 19.5. The van der Waals surface area contributed by atoms with Gasteiger partial charge < -0.3 is 15.0 Å². The molecule has 2 aromatic rings. The van der Waals surface area contributed by atoms with E-state index >= 15 is 0 Å². The number of benzene rings is 1. The second-order valence-corrected chi connectivity index (χ2v) is 9.26. The smallest absolute Gasteiger partial charge is 0.262 e. The number of hydrogen-bond donors (Lipinski definition) is 1. The van der Waals surface area contributed by atoms with Gasteiger partial charge in [0.15, 0.2) is 5.78 Å². The molecule has 3 aliphatic rings. The monoisotopic (exact) mass is 424 g/mol. The Morgan fingerprint density at radius 2 is 1.97 bits per heavy atom. The molecule has 0 radical (unpaired) electrons. The molecule has 2 saturated heterocycles. The Labute approximate surface area is 179 Å². The highest BCUT2D eigenvalue weighted by Crippen LogP contribution is 2.35. The third kappa shape index (κ3) is 3.79. The fourth-order valence-corrected chi connectivity index (χ4v) is 5.24. The molecule has 7 heteroatoms. The molecule has 6 nitrogen and oxygen atoms in total. The Bertz CT molecular complexity index is 969. The molecule has 1 saturated carbocycles. The van der Waals surface area contributed by atoms with Gasteiger partial charge in [0.2, 0.25) is 5.91 Å². The minimum atomic E-state index is -0.598. The molecule has 2 aliphatic heterocycles. The van der Waals surface area contributed by atoms with Crippen LogP contribution in [0.1, 0.15) is 35.4 Å². The van der Waals surface area contributed by atoms with Gasteiger partial charge in [-0.3, -0.25) is 14.4 Å². The quantitative estimate of drug-likeness (QED) is 0.774. The number of nitrogens with one attached hydrogen (secondary N) is 1. The molecule has 2 amide bonds. The van der Waals surface area contributed by atoms with E-state index < -0.39 is 12.1 Å². The van der Waals surface area contributed by atoms with Gasteiger partial charge in [0, 0.05) is 6.54 Å². The van der Waals surface area contributed by atoms with Crippen molar-refractivity contribution in [3.63, 3.8) is 0 Å². The molecule has 3 heterocycles. The van der Waals surface area contributed by atoms with Gasteiger partial charge in [0.05, 0.1) is 11.0 Å². The highest BCUT2D eigenvalue weighted by molar-refractivity contribution is 7.12. The van der Waals surface area contributed by atoms with E-state index in [0.29, 0.717) is 30.2 Å². The van der Waals surface area contributed by atoms with Crippen molar-refractivity contribution in [1.29, 1.82) is 0 Å². The number of carbonyl (C=O) groups excluding carboxylic acids is 3. The van der Waals surface area contributed by atoms with E-state index in [1.165, 1.54) is 11.3 Å². The molecule has 0 bridgehead atoms. The average molecular weight is 425 g/mol. The number of carbonyl (C=O) groups is 3. The third-order valence-corrected chi connectivity index (χ3v) is 7.12. The minimum Gasteiger partial charge on any atom is -0.368 e. The van der Waals surface area contributed by atoms with Crippen molar-refractivity contribution in [3.05, 3.63) is 46.7 Å². The summed E-state index contributed by atoms with van der Waals surface area (Å²) in [6.45, 7) is 0.588. The number of nitrogens with zero attached hydrogens (tertiary/aromatic N) is 1. The summed E-state index contributed by atoms with van der Waals surface area (Å²) in [5.41, 5.74) is 2.05. The lowest BCUT2D eigenvalue weighted by atomic mass is 10.1. The fraction of sp³-hybridized carbons (Fsp3) is 0.435. The van der Waals surface area contributed by atoms with Crippen molar-refractivity contribution in [2.75, 3.05) is 13.2 Å². The summed E-state index contributed by atoms with van der Waals surface area (Å²) in [6, 6.07) is 10.7. The van der Waals surface area contributed by atoms with E-state index in [1.54, 1.807) is 4.90 Å². The Kier molecular flexibility index (Phi) is 5.16. The van der Waals surface area contributed by atoms with Crippen LogP contribution < -0.4 is 5.32 Å². The van der Waals surface area contributed by atoms with Crippen molar-refractivity contribution < 1.29 is 19.1 Å². The normalized spacial score (nSPS) is 24.0. The molecule has 5 rings (SSSR count). The number of thiophene rings is 1. The van der Waals surface area contributed by atoms with Crippen molar-refractivity contribution in [1.82, 2.24) is 10.2 Å². The lowest BCUT2D eigenvalue weighted by Crippen LogP contribution is -2.52. The van der Waals surface area contributed by atoms with Gasteiger partial charge in [0.25, 0.3) is 5.91 Å². The lowest BCUT2D eigenvalue weighted by Gasteiger charge is -2.27. The number of ether oxygens (including phenoxy) is 1. The summed E-state index contributed by atoms with van der Waals surface area (Å²) in [7, 11) is 0. The summed E-state index contributed by atoms with van der Waals surface area (Å²) in [4.78, 5) is 40.7. The maximum absolute atomic E-state index is 13.3. The van der Waals surface area contributed by atoms with E-state index in [9.17, 15) is 14.4 Å². The molecule has 1 aromatic heterocycles. The topological polar surface area (TPSA) is 75.7 Å². The van der Waals surface area contributed by atoms with Crippen molar-refractivity contribution in [2.45, 2.75) is 43.9 Å². The predicted octanol–water partition coefficient (Wildman–Crippen LogP) is 2.88. The van der Waals surface area contributed by atoms with Crippen LogP contribution in [0.25, 0.3) is 11.1 Å². The number of Topliss-reactive ketones (excluding diaryl/α,β-unsaturated/α-hetero) is 1. The first-order valence-corrected chi connectivity index (χ1v) is 11.4. The van der Waals surface area contributed by atoms with Gasteiger partial charge >= 0.3 is 0 Å². The van der Waals surface area contributed by atoms with Crippen LogP contribution in [0.15, 0.2) is 41.8 Å². The zero-order valence-electron chi connectivity index (χ0n) is 16.6. The fourth-order valence-electron chi connectivity index (χ4n) is 4.42. The highest BCUT2D eigenvalue weighted by Gasteiger charge is 2.48. The Morgan fingerprint density at radius 3 is 2.73 bits per heavy atom. The van der Waals surface area contributed by atoms with Crippen LogP contribution >= 0.6 is 11.3 Å². The van der Waals surface area contributed by atoms with E-state index in [2.05, 4.69) is 5.32 Å². The van der Waals surface area contributed by atoms with Crippen LogP contribution in [-0.4, -0.2) is 53.8 Å². The zero-order chi connectivity index (χ0) is 20.7. The molecular weight excluding hydrogens is 400 g/mol.